The third kappa shape index (κ3) is 27.4. The summed E-state index contributed by atoms with van der Waals surface area (Å²) in [5.41, 5.74) is 22.3. The van der Waals surface area contributed by atoms with Gasteiger partial charge in [-0.25, -0.2) is 4.98 Å². The van der Waals surface area contributed by atoms with Crippen molar-refractivity contribution < 1.29 is 82.8 Å². The van der Waals surface area contributed by atoms with E-state index in [4.69, 9.17) is 22.9 Å². The number of carbonyl (C=O) groups is 13. The van der Waals surface area contributed by atoms with Crippen molar-refractivity contribution in [3.8, 4) is 0 Å². The van der Waals surface area contributed by atoms with E-state index in [2.05, 4.69) is 98.7 Å². The lowest BCUT2D eigenvalue weighted by atomic mass is 10.0. The number of thiol groups is 2. The third-order valence-corrected chi connectivity index (χ3v) is 13.5. The molecular weight excluding hydrogens is 1200 g/mol. The number of aliphatic imine (C=N–C) groups is 1. The first-order valence-electron chi connectivity index (χ1n) is 27.9. The van der Waals surface area contributed by atoms with Crippen molar-refractivity contribution in [3.63, 3.8) is 0 Å². The van der Waals surface area contributed by atoms with Gasteiger partial charge in [-0.1, -0.05) is 27.7 Å². The molecule has 15 atom stereocenters. The smallest absolute Gasteiger partial charge is 0.305 e. The predicted octanol–water partition coefficient (Wildman–Crippen LogP) is -8.63. The number of rotatable bonds is 39. The standard InChI is InChI=1S/C51H88N18O17S2/c1-20(2)13-29(39(53)75)61-42(78)28(11-10-12-57-51(54)55)60-43(79)30(14-27-16-56-19-58-27)63-49(85)38(26(9)72)69-47(83)35(21(3)4)66-46(82)33(18-88)65-50(86)37(25(8)71)67-41(77)23(6)59-48(84)36(24(7)70)68-44(80)31(15-34(73)74)62-45(81)32(17-87)64-40(76)22(5)52/h16,19-26,28-33,35-38,70-72,87-88H,10-15,17-18,52H2,1-9H3,(H2,53,75)(H,56,58)(H,59,84)(H,60,79)(H,61,78)(H,62,81)(H,63,85)(H,64,76)(H,65,86)(H,66,82)(H,67,77)(H,68,80)(H,69,83)(H,73,74)(H4,54,55,57)/t22-,23-,24+,25+,26+,28-,29-,30-,31-,32-,33-,35-,36-,37-,38-/m0/s1. The second-order valence-electron chi connectivity index (χ2n) is 21.5. The van der Waals surface area contributed by atoms with E-state index in [1.54, 1.807) is 13.8 Å². The summed E-state index contributed by atoms with van der Waals surface area (Å²) < 4.78 is 0. The maximum atomic E-state index is 14.1. The van der Waals surface area contributed by atoms with Crippen LogP contribution in [0.5, 0.6) is 0 Å². The molecule has 1 rings (SSSR count). The van der Waals surface area contributed by atoms with Crippen LogP contribution in [0.25, 0.3) is 0 Å². The molecule has 1 aromatic heterocycles. The average molecular weight is 1290 g/mol. The van der Waals surface area contributed by atoms with Crippen molar-refractivity contribution in [1.82, 2.24) is 68.5 Å². The number of hydrogen-bond donors (Lipinski definition) is 22. The van der Waals surface area contributed by atoms with Gasteiger partial charge in [0.15, 0.2) is 5.96 Å². The summed E-state index contributed by atoms with van der Waals surface area (Å²) in [4.78, 5) is 183. The Hall–Kier alpha value is -7.87. The van der Waals surface area contributed by atoms with E-state index in [9.17, 15) is 82.8 Å². The van der Waals surface area contributed by atoms with Crippen LogP contribution in [0, 0.1) is 11.8 Å². The highest BCUT2D eigenvalue weighted by molar-refractivity contribution is 7.80. The van der Waals surface area contributed by atoms with E-state index in [-0.39, 0.29) is 49.9 Å². The van der Waals surface area contributed by atoms with Gasteiger partial charge in [0.2, 0.25) is 70.9 Å². The molecule has 35 nitrogen and oxygen atoms in total. The summed E-state index contributed by atoms with van der Waals surface area (Å²) >= 11 is 8.15. The van der Waals surface area contributed by atoms with Crippen molar-refractivity contribution in [1.29, 1.82) is 0 Å². The number of nitrogens with one attached hydrogen (secondary N) is 12. The molecular formula is C51H88N18O17S2. The maximum absolute atomic E-state index is 14.1. The van der Waals surface area contributed by atoms with E-state index >= 15 is 0 Å². The number of carboxylic acid groups (broad SMARTS) is 1. The maximum Gasteiger partial charge on any atom is 0.305 e. The van der Waals surface area contributed by atoms with Crippen LogP contribution in [-0.4, -0.2) is 222 Å². The van der Waals surface area contributed by atoms with E-state index in [1.807, 2.05) is 0 Å². The summed E-state index contributed by atoms with van der Waals surface area (Å²) in [5, 5.41) is 67.1. The zero-order chi connectivity index (χ0) is 67.4. The molecule has 0 radical (unpaired) electrons. The lowest BCUT2D eigenvalue weighted by molar-refractivity contribution is -0.142. The summed E-state index contributed by atoms with van der Waals surface area (Å²) in [6.07, 6.45) is -3.49. The van der Waals surface area contributed by atoms with Crippen molar-refractivity contribution in [2.75, 3.05) is 18.1 Å². The van der Waals surface area contributed by atoms with E-state index in [1.165, 1.54) is 33.3 Å². The van der Waals surface area contributed by atoms with E-state index < -0.39 is 186 Å². The fourth-order valence-corrected chi connectivity index (χ4v) is 8.39. The Morgan fingerprint density at radius 2 is 0.920 bits per heavy atom. The fourth-order valence-electron chi connectivity index (χ4n) is 7.88. The van der Waals surface area contributed by atoms with Crippen molar-refractivity contribution in [2.24, 2.45) is 39.8 Å². The second-order valence-corrected chi connectivity index (χ2v) is 22.3. The van der Waals surface area contributed by atoms with Crippen LogP contribution in [-0.2, 0) is 68.7 Å². The molecule has 1 heterocycles. The molecule has 37 heteroatoms. The van der Waals surface area contributed by atoms with Gasteiger partial charge in [0.1, 0.15) is 66.5 Å². The van der Waals surface area contributed by atoms with Crippen molar-refractivity contribution >= 4 is 108 Å². The highest BCUT2D eigenvalue weighted by Gasteiger charge is 2.39. The number of aromatic nitrogens is 2. The number of primary amides is 1. The molecule has 12 amide bonds. The van der Waals surface area contributed by atoms with E-state index in [0.29, 0.717) is 5.69 Å². The number of hydrogen-bond acceptors (Lipinski definition) is 21. The van der Waals surface area contributed by atoms with Crippen LogP contribution in [0.4, 0.5) is 0 Å². The largest absolute Gasteiger partial charge is 0.481 e. The van der Waals surface area contributed by atoms with Crippen LogP contribution in [0.1, 0.15) is 93.7 Å². The van der Waals surface area contributed by atoms with Gasteiger partial charge in [-0.05, 0) is 65.7 Å². The van der Waals surface area contributed by atoms with Gasteiger partial charge in [-0.2, -0.15) is 25.3 Å². The average Bonchev–Trinajstić information content (AvgIpc) is 3.21. The summed E-state index contributed by atoms with van der Waals surface area (Å²) in [6.45, 7) is 12.4. The number of nitrogens with two attached hydrogens (primary N) is 4. The minimum atomic E-state index is -1.90. The van der Waals surface area contributed by atoms with Crippen LogP contribution < -0.4 is 81.4 Å². The topological polar surface area (TPSA) is 580 Å². The number of aliphatic hydroxyl groups is 3. The van der Waals surface area contributed by atoms with Gasteiger partial charge in [0.25, 0.3) is 0 Å². The minimum absolute atomic E-state index is 0.0456. The molecule has 0 spiro atoms. The molecule has 0 aliphatic rings. The minimum Gasteiger partial charge on any atom is -0.481 e. The fraction of sp³-hybridized carbons (Fsp3) is 0.667. The van der Waals surface area contributed by atoms with E-state index in [0.717, 1.165) is 27.7 Å². The monoisotopic (exact) mass is 1290 g/mol. The van der Waals surface area contributed by atoms with Crippen LogP contribution >= 0.6 is 25.3 Å². The highest BCUT2D eigenvalue weighted by atomic mass is 32.1. The number of H-pyrrole nitrogens is 1. The molecule has 0 saturated carbocycles. The van der Waals surface area contributed by atoms with Gasteiger partial charge >= 0.3 is 5.97 Å². The summed E-state index contributed by atoms with van der Waals surface area (Å²) in [7, 11) is 0. The Kier molecular flexibility index (Phi) is 34.1. The van der Waals surface area contributed by atoms with Gasteiger partial charge in [-0.3, -0.25) is 67.3 Å². The number of amides is 12. The number of guanidine groups is 1. The second kappa shape index (κ2) is 38.4. The molecule has 0 aromatic carbocycles. The van der Waals surface area contributed by atoms with Gasteiger partial charge in [0, 0.05) is 36.4 Å². The highest BCUT2D eigenvalue weighted by Crippen LogP contribution is 2.11. The quantitative estimate of drug-likeness (QED) is 0.0126. The Balaban J connectivity index is 3.31. The molecule has 496 valence electrons. The molecule has 1 aromatic rings. The number of aliphatic carboxylic acids is 1. The number of aliphatic hydroxyl groups excluding tert-OH is 3. The normalized spacial score (nSPS) is 16.3. The summed E-state index contributed by atoms with van der Waals surface area (Å²) in [6, 6.07) is -18.6. The van der Waals surface area contributed by atoms with Crippen LogP contribution in [0.15, 0.2) is 17.5 Å². The van der Waals surface area contributed by atoms with Gasteiger partial charge < -0.3 is 107 Å². The van der Waals surface area contributed by atoms with Gasteiger partial charge in [0.05, 0.1) is 37.1 Å². The summed E-state index contributed by atoms with van der Waals surface area (Å²) in [5.74, 6) is -15.8. The molecule has 0 bridgehead atoms. The van der Waals surface area contributed by atoms with Gasteiger partial charge in [-0.15, -0.1) is 0 Å². The molecule has 0 unspecified atom stereocenters. The first kappa shape index (κ1) is 78.1. The molecule has 0 fully saturated rings. The predicted molar refractivity (Wildman–Crippen MR) is 321 cm³/mol. The Bertz CT molecular complexity index is 2590. The van der Waals surface area contributed by atoms with Crippen molar-refractivity contribution in [3.05, 3.63) is 18.2 Å². The number of nitrogens with zero attached hydrogens (tertiary/aromatic N) is 2. The van der Waals surface area contributed by atoms with Crippen molar-refractivity contribution in [2.45, 2.75) is 185 Å². The number of aromatic amines is 1. The molecule has 0 aliphatic heterocycles. The zero-order valence-corrected chi connectivity index (χ0v) is 52.1. The molecule has 24 N–H and O–H groups in total. The van der Waals surface area contributed by atoms with Crippen LogP contribution in [0.3, 0.4) is 0 Å². The van der Waals surface area contributed by atoms with Crippen LogP contribution in [0.2, 0.25) is 0 Å². The first-order valence-corrected chi connectivity index (χ1v) is 29.1. The number of carbonyl (C=O) groups excluding carboxylic acids is 12. The zero-order valence-electron chi connectivity index (χ0n) is 50.3. The number of carboxylic acids is 1. The first-order chi connectivity index (χ1) is 40.9. The lowest BCUT2D eigenvalue weighted by Gasteiger charge is -2.30. The number of imidazole rings is 1. The Labute approximate surface area is 518 Å². The Morgan fingerprint density at radius 3 is 1.36 bits per heavy atom. The SMILES string of the molecule is CC(C)C[C@H](NC(=O)[C@H](CCCN=C(N)N)NC(=O)[C@H](Cc1cnc[nH]1)NC(=O)[C@@H](NC(=O)[C@@H](NC(=O)[C@H](CS)NC(=O)[C@@H](NC(=O)[C@H](C)NC(=O)[C@@H](NC(=O)[C@H](CC(=O)O)NC(=O)[C@H](CS)NC(=O)[C@H](C)N)[C@@H](C)O)[C@@H](C)O)C(C)C)[C@@H](C)O)C(N)=O. The molecule has 0 saturated heterocycles. The molecule has 0 aliphatic carbocycles. The lowest BCUT2D eigenvalue weighted by Crippen LogP contribution is -2.63. The Morgan fingerprint density at radius 1 is 0.523 bits per heavy atom. The molecule has 88 heavy (non-hydrogen) atoms. The third-order valence-electron chi connectivity index (χ3n) is 12.8.